The SMILES string of the molecule is CSc1c(C2=CC=C(c3ccccc3)CC=C2)nc(-c2ccc3c(c2)oc2ccc(-n4c5ccccc5c5cc6ccccc6cc54)cc23)nc1-c1ccccc1. The van der Waals surface area contributed by atoms with Crippen molar-refractivity contribution < 1.29 is 4.42 Å². The topological polar surface area (TPSA) is 43.9 Å². The zero-order valence-electron chi connectivity index (χ0n) is 31.2. The normalized spacial score (nSPS) is 13.1. The summed E-state index contributed by atoms with van der Waals surface area (Å²) in [6.07, 6.45) is 11.8. The number of allylic oxidation sites excluding steroid dienone is 6. The molecule has 5 heteroatoms. The van der Waals surface area contributed by atoms with Crippen molar-refractivity contribution in [2.75, 3.05) is 6.26 Å². The van der Waals surface area contributed by atoms with Gasteiger partial charge in [0.15, 0.2) is 5.82 Å². The van der Waals surface area contributed by atoms with Gasteiger partial charge < -0.3 is 8.98 Å². The van der Waals surface area contributed by atoms with E-state index in [9.17, 15) is 0 Å². The molecule has 0 saturated carbocycles. The summed E-state index contributed by atoms with van der Waals surface area (Å²) in [5, 5.41) is 7.08. The Balaban J connectivity index is 1.05. The van der Waals surface area contributed by atoms with Crippen LogP contribution in [-0.4, -0.2) is 20.8 Å². The van der Waals surface area contributed by atoms with Crippen LogP contribution in [0.25, 0.3) is 94.0 Å². The lowest BCUT2D eigenvalue weighted by atomic mass is 10.0. The first-order valence-corrected chi connectivity index (χ1v) is 20.5. The predicted molar refractivity (Wildman–Crippen MR) is 240 cm³/mol. The van der Waals surface area contributed by atoms with E-state index in [1.807, 2.05) is 6.07 Å². The van der Waals surface area contributed by atoms with Crippen molar-refractivity contribution in [1.29, 1.82) is 0 Å². The molecule has 0 aliphatic heterocycles. The van der Waals surface area contributed by atoms with Crippen LogP contribution in [0.3, 0.4) is 0 Å². The van der Waals surface area contributed by atoms with Crippen molar-refractivity contribution in [2.24, 2.45) is 0 Å². The highest BCUT2D eigenvalue weighted by molar-refractivity contribution is 7.98. The molecule has 57 heavy (non-hydrogen) atoms. The Labute approximate surface area is 334 Å². The van der Waals surface area contributed by atoms with E-state index >= 15 is 0 Å². The van der Waals surface area contributed by atoms with Gasteiger partial charge in [0.2, 0.25) is 0 Å². The minimum Gasteiger partial charge on any atom is -0.456 e. The summed E-state index contributed by atoms with van der Waals surface area (Å²) in [5.74, 6) is 0.660. The Morgan fingerprint density at radius 2 is 1.28 bits per heavy atom. The van der Waals surface area contributed by atoms with E-state index in [1.165, 1.54) is 43.7 Å². The first kappa shape index (κ1) is 33.4. The van der Waals surface area contributed by atoms with Gasteiger partial charge in [0.25, 0.3) is 0 Å². The molecule has 4 nitrogen and oxygen atoms in total. The third kappa shape index (κ3) is 5.70. The molecule has 11 rings (SSSR count). The lowest BCUT2D eigenvalue weighted by Crippen LogP contribution is -2.01. The van der Waals surface area contributed by atoms with Crippen molar-refractivity contribution in [3.05, 3.63) is 193 Å². The van der Waals surface area contributed by atoms with Crippen LogP contribution in [0.4, 0.5) is 0 Å². The molecule has 7 aromatic carbocycles. The first-order valence-electron chi connectivity index (χ1n) is 19.2. The monoisotopic (exact) mass is 749 g/mol. The third-order valence-electron chi connectivity index (χ3n) is 11.1. The summed E-state index contributed by atoms with van der Waals surface area (Å²) < 4.78 is 8.98. The first-order chi connectivity index (χ1) is 28.2. The summed E-state index contributed by atoms with van der Waals surface area (Å²) >= 11 is 1.68. The van der Waals surface area contributed by atoms with Crippen LogP contribution in [0.5, 0.6) is 0 Å². The maximum atomic E-state index is 6.60. The van der Waals surface area contributed by atoms with Gasteiger partial charge in [-0.15, -0.1) is 11.8 Å². The number of para-hydroxylation sites is 1. The average molecular weight is 750 g/mol. The fraction of sp³-hybridized carbons (Fsp3) is 0.0385. The summed E-state index contributed by atoms with van der Waals surface area (Å²) in [6.45, 7) is 0. The van der Waals surface area contributed by atoms with Gasteiger partial charge in [-0.05, 0) is 83.1 Å². The van der Waals surface area contributed by atoms with Crippen molar-refractivity contribution in [3.63, 3.8) is 0 Å². The van der Waals surface area contributed by atoms with Crippen LogP contribution < -0.4 is 0 Å². The van der Waals surface area contributed by atoms with E-state index in [0.29, 0.717) is 5.82 Å². The fourth-order valence-corrected chi connectivity index (χ4v) is 9.10. The highest BCUT2D eigenvalue weighted by atomic mass is 32.2. The molecule has 0 unspecified atom stereocenters. The minimum atomic E-state index is 0.660. The molecule has 0 saturated heterocycles. The molecule has 1 aliphatic rings. The zero-order chi connectivity index (χ0) is 37.9. The van der Waals surface area contributed by atoms with E-state index < -0.39 is 0 Å². The quantitative estimate of drug-likeness (QED) is 0.159. The van der Waals surface area contributed by atoms with Crippen LogP contribution in [0.15, 0.2) is 191 Å². The van der Waals surface area contributed by atoms with Crippen LogP contribution in [0, 0.1) is 0 Å². The van der Waals surface area contributed by atoms with Crippen LogP contribution >= 0.6 is 11.8 Å². The number of benzene rings is 7. The average Bonchev–Trinajstić information content (AvgIpc) is 3.67. The lowest BCUT2D eigenvalue weighted by Gasteiger charge is -2.15. The molecule has 0 radical (unpaired) electrons. The van der Waals surface area contributed by atoms with Gasteiger partial charge in [-0.1, -0.05) is 133 Å². The summed E-state index contributed by atoms with van der Waals surface area (Å²) in [7, 11) is 0. The molecule has 0 amide bonds. The van der Waals surface area contributed by atoms with Crippen molar-refractivity contribution in [2.45, 2.75) is 11.3 Å². The molecule has 0 spiro atoms. The predicted octanol–water partition coefficient (Wildman–Crippen LogP) is 14.1. The molecule has 3 heterocycles. The Bertz CT molecular complexity index is 3300. The minimum absolute atomic E-state index is 0.660. The summed E-state index contributed by atoms with van der Waals surface area (Å²) in [6, 6.07) is 55.8. The molecule has 0 atom stereocenters. The molecule has 0 N–H and O–H groups in total. The second-order valence-electron chi connectivity index (χ2n) is 14.5. The summed E-state index contributed by atoms with van der Waals surface area (Å²) in [5.41, 5.74) is 12.5. The number of rotatable bonds is 6. The number of nitrogens with zero attached hydrogens (tertiary/aromatic N) is 3. The van der Waals surface area contributed by atoms with E-state index in [0.717, 1.165) is 67.0 Å². The highest BCUT2D eigenvalue weighted by Gasteiger charge is 2.21. The molecule has 0 fully saturated rings. The van der Waals surface area contributed by atoms with Gasteiger partial charge >= 0.3 is 0 Å². The molecule has 0 bridgehead atoms. The van der Waals surface area contributed by atoms with Crippen LogP contribution in [0.2, 0.25) is 0 Å². The van der Waals surface area contributed by atoms with Crippen LogP contribution in [-0.2, 0) is 0 Å². The van der Waals surface area contributed by atoms with Crippen molar-refractivity contribution in [3.8, 4) is 28.3 Å². The van der Waals surface area contributed by atoms with Crippen molar-refractivity contribution in [1.82, 2.24) is 14.5 Å². The molecular weight excluding hydrogens is 715 g/mol. The maximum Gasteiger partial charge on any atom is 0.160 e. The van der Waals surface area contributed by atoms with Gasteiger partial charge in [-0.25, -0.2) is 9.97 Å². The Kier molecular flexibility index (Phi) is 8.00. The number of aromatic nitrogens is 3. The lowest BCUT2D eigenvalue weighted by molar-refractivity contribution is 0.669. The largest absolute Gasteiger partial charge is 0.456 e. The Hall–Kier alpha value is -6.95. The van der Waals surface area contributed by atoms with Crippen LogP contribution in [0.1, 0.15) is 17.7 Å². The van der Waals surface area contributed by atoms with E-state index in [1.54, 1.807) is 11.8 Å². The molecule has 270 valence electrons. The summed E-state index contributed by atoms with van der Waals surface area (Å²) in [4.78, 5) is 11.6. The number of hydrogen-bond acceptors (Lipinski definition) is 4. The van der Waals surface area contributed by atoms with E-state index in [2.05, 4.69) is 187 Å². The highest BCUT2D eigenvalue weighted by Crippen LogP contribution is 2.40. The van der Waals surface area contributed by atoms with Gasteiger partial charge in [0, 0.05) is 43.9 Å². The number of hydrogen-bond donors (Lipinski definition) is 0. The fourth-order valence-electron chi connectivity index (χ4n) is 8.39. The molecule has 10 aromatic rings. The maximum absolute atomic E-state index is 6.60. The van der Waals surface area contributed by atoms with Gasteiger partial charge in [-0.2, -0.15) is 0 Å². The second-order valence-corrected chi connectivity index (χ2v) is 15.3. The smallest absolute Gasteiger partial charge is 0.160 e. The van der Waals surface area contributed by atoms with Gasteiger partial charge in [0.1, 0.15) is 11.2 Å². The second kappa shape index (κ2) is 13.7. The molecular formula is C52H35N3OS. The van der Waals surface area contributed by atoms with Gasteiger partial charge in [0.05, 0.1) is 27.3 Å². The van der Waals surface area contributed by atoms with Crippen molar-refractivity contribution >= 4 is 77.4 Å². The van der Waals surface area contributed by atoms with E-state index in [4.69, 9.17) is 14.4 Å². The third-order valence-corrected chi connectivity index (χ3v) is 11.9. The standard InChI is InChI=1S/C52H35N3OS/c1-57-51-49(35-15-6-3-7-16-35)53-52(54-50(51)36-20-12-19-34(23-24-36)33-13-4-2-5-14-33)39-25-27-42-44-32-40(26-28-47(44)56-48(42)31-39)55-45-22-11-10-21-41(45)43-29-37-17-8-9-18-38(37)30-46(43)55/h2-18,20-32H,19H2,1H3. The Morgan fingerprint density at radius 3 is 2.11 bits per heavy atom. The van der Waals surface area contributed by atoms with E-state index in [-0.39, 0.29) is 0 Å². The number of fused-ring (bicyclic) bond motifs is 7. The molecule has 1 aliphatic carbocycles. The Morgan fingerprint density at radius 1 is 0.544 bits per heavy atom. The zero-order valence-corrected chi connectivity index (χ0v) is 32.0. The number of furan rings is 1. The molecule has 3 aromatic heterocycles. The van der Waals surface area contributed by atoms with Gasteiger partial charge in [-0.3, -0.25) is 0 Å². The number of thioether (sulfide) groups is 1.